The van der Waals surface area contributed by atoms with Crippen molar-refractivity contribution < 1.29 is 9.53 Å². The zero-order chi connectivity index (χ0) is 17.9. The highest BCUT2D eigenvalue weighted by atomic mass is 16.5. The lowest BCUT2D eigenvalue weighted by atomic mass is 10.1. The molecule has 0 aliphatic heterocycles. The number of unbranched alkanes of at least 4 members (excludes halogenated alkanes) is 10. The van der Waals surface area contributed by atoms with E-state index in [-0.39, 0.29) is 5.97 Å². The van der Waals surface area contributed by atoms with Gasteiger partial charge in [-0.3, -0.25) is 4.79 Å². The van der Waals surface area contributed by atoms with E-state index in [4.69, 9.17) is 4.74 Å². The molecule has 0 atom stereocenters. The SMILES string of the molecule is CCCCCCCCCCCCCC(=O)OCCCN(CC)CC. The van der Waals surface area contributed by atoms with Gasteiger partial charge in [0.25, 0.3) is 0 Å². The first kappa shape index (κ1) is 23.4. The lowest BCUT2D eigenvalue weighted by Gasteiger charge is -2.17. The number of carbonyl (C=O) groups excluding carboxylic acids is 1. The van der Waals surface area contributed by atoms with Gasteiger partial charge in [-0.25, -0.2) is 0 Å². The van der Waals surface area contributed by atoms with Crippen molar-refractivity contribution in [1.29, 1.82) is 0 Å². The van der Waals surface area contributed by atoms with E-state index in [1.54, 1.807) is 0 Å². The van der Waals surface area contributed by atoms with Crippen LogP contribution in [0.2, 0.25) is 0 Å². The average Bonchev–Trinajstić information content (AvgIpc) is 2.60. The molecule has 0 amide bonds. The Labute approximate surface area is 151 Å². The van der Waals surface area contributed by atoms with E-state index < -0.39 is 0 Å². The number of carbonyl (C=O) groups is 1. The summed E-state index contributed by atoms with van der Waals surface area (Å²) in [6, 6.07) is 0. The predicted octanol–water partition coefficient (Wildman–Crippen LogP) is 5.96. The Morgan fingerprint density at radius 1 is 0.708 bits per heavy atom. The molecule has 24 heavy (non-hydrogen) atoms. The molecule has 0 aliphatic rings. The van der Waals surface area contributed by atoms with Gasteiger partial charge in [-0.1, -0.05) is 85.0 Å². The standard InChI is InChI=1S/C21H43NO2/c1-4-7-8-9-10-11-12-13-14-15-16-18-21(23)24-20-17-19-22(5-2)6-3/h4-20H2,1-3H3. The van der Waals surface area contributed by atoms with Gasteiger partial charge in [0.1, 0.15) is 0 Å². The Balaban J connectivity index is 3.23. The summed E-state index contributed by atoms with van der Waals surface area (Å²) in [4.78, 5) is 14.0. The molecule has 0 radical (unpaired) electrons. The maximum Gasteiger partial charge on any atom is 0.305 e. The molecule has 0 aliphatic carbocycles. The van der Waals surface area contributed by atoms with Gasteiger partial charge in [0.05, 0.1) is 6.61 Å². The Morgan fingerprint density at radius 2 is 1.21 bits per heavy atom. The largest absolute Gasteiger partial charge is 0.466 e. The molecule has 0 saturated carbocycles. The summed E-state index contributed by atoms with van der Waals surface area (Å²) in [5.41, 5.74) is 0. The van der Waals surface area contributed by atoms with Gasteiger partial charge < -0.3 is 9.64 Å². The van der Waals surface area contributed by atoms with E-state index in [1.165, 1.54) is 64.2 Å². The highest BCUT2D eigenvalue weighted by Gasteiger charge is 2.04. The molecule has 0 N–H and O–H groups in total. The van der Waals surface area contributed by atoms with Crippen molar-refractivity contribution in [2.75, 3.05) is 26.2 Å². The van der Waals surface area contributed by atoms with Crippen molar-refractivity contribution in [3.05, 3.63) is 0 Å². The van der Waals surface area contributed by atoms with E-state index >= 15 is 0 Å². The fraction of sp³-hybridized carbons (Fsp3) is 0.952. The van der Waals surface area contributed by atoms with Crippen LogP contribution in [0.5, 0.6) is 0 Å². The third-order valence-corrected chi connectivity index (χ3v) is 4.76. The van der Waals surface area contributed by atoms with Crippen LogP contribution in [0.25, 0.3) is 0 Å². The summed E-state index contributed by atoms with van der Waals surface area (Å²) in [6.45, 7) is 10.4. The van der Waals surface area contributed by atoms with Crippen molar-refractivity contribution >= 4 is 5.97 Å². The Hall–Kier alpha value is -0.570. The van der Waals surface area contributed by atoms with Crippen LogP contribution < -0.4 is 0 Å². The summed E-state index contributed by atoms with van der Waals surface area (Å²) >= 11 is 0. The van der Waals surface area contributed by atoms with Gasteiger partial charge in [0, 0.05) is 13.0 Å². The average molecular weight is 342 g/mol. The molecule has 0 fully saturated rings. The van der Waals surface area contributed by atoms with Crippen LogP contribution in [0.4, 0.5) is 0 Å². The van der Waals surface area contributed by atoms with E-state index in [0.717, 1.165) is 32.5 Å². The zero-order valence-corrected chi connectivity index (χ0v) is 16.8. The van der Waals surface area contributed by atoms with Crippen molar-refractivity contribution in [3.63, 3.8) is 0 Å². The van der Waals surface area contributed by atoms with E-state index in [1.807, 2.05) is 0 Å². The fourth-order valence-electron chi connectivity index (χ4n) is 3.02. The van der Waals surface area contributed by atoms with Crippen LogP contribution in [0, 0.1) is 0 Å². The lowest BCUT2D eigenvalue weighted by molar-refractivity contribution is -0.143. The normalized spacial score (nSPS) is 11.2. The molecule has 0 spiro atoms. The fourth-order valence-corrected chi connectivity index (χ4v) is 3.02. The molecular weight excluding hydrogens is 298 g/mol. The number of hydrogen-bond donors (Lipinski definition) is 0. The first-order valence-corrected chi connectivity index (χ1v) is 10.6. The lowest BCUT2D eigenvalue weighted by Crippen LogP contribution is -2.25. The third-order valence-electron chi connectivity index (χ3n) is 4.76. The highest BCUT2D eigenvalue weighted by molar-refractivity contribution is 5.69. The second-order valence-electron chi connectivity index (χ2n) is 6.89. The van der Waals surface area contributed by atoms with Gasteiger partial charge in [-0.15, -0.1) is 0 Å². The number of nitrogens with zero attached hydrogens (tertiary/aromatic N) is 1. The van der Waals surface area contributed by atoms with Crippen molar-refractivity contribution in [2.45, 2.75) is 104 Å². The minimum atomic E-state index is -0.00882. The Kier molecular flexibility index (Phi) is 18.3. The molecule has 0 rings (SSSR count). The highest BCUT2D eigenvalue weighted by Crippen LogP contribution is 2.12. The summed E-state index contributed by atoms with van der Waals surface area (Å²) in [5.74, 6) is -0.00882. The second kappa shape index (κ2) is 18.8. The monoisotopic (exact) mass is 341 g/mol. The van der Waals surface area contributed by atoms with E-state index in [2.05, 4.69) is 25.7 Å². The molecule has 0 aromatic carbocycles. The van der Waals surface area contributed by atoms with Gasteiger partial charge in [0.2, 0.25) is 0 Å². The molecule has 3 nitrogen and oxygen atoms in total. The molecule has 0 unspecified atom stereocenters. The first-order chi connectivity index (χ1) is 11.7. The quantitative estimate of drug-likeness (QED) is 0.227. The van der Waals surface area contributed by atoms with Crippen LogP contribution in [-0.4, -0.2) is 37.1 Å². The summed E-state index contributed by atoms with van der Waals surface area (Å²) in [5, 5.41) is 0. The van der Waals surface area contributed by atoms with Crippen molar-refractivity contribution in [1.82, 2.24) is 4.90 Å². The van der Waals surface area contributed by atoms with Crippen LogP contribution in [0.3, 0.4) is 0 Å². The van der Waals surface area contributed by atoms with Crippen molar-refractivity contribution in [2.24, 2.45) is 0 Å². The molecule has 0 heterocycles. The number of esters is 1. The smallest absolute Gasteiger partial charge is 0.305 e. The second-order valence-corrected chi connectivity index (χ2v) is 6.89. The van der Waals surface area contributed by atoms with E-state index in [0.29, 0.717) is 13.0 Å². The minimum Gasteiger partial charge on any atom is -0.466 e. The minimum absolute atomic E-state index is 0.00882. The van der Waals surface area contributed by atoms with Gasteiger partial charge in [-0.05, 0) is 25.9 Å². The molecule has 0 aromatic heterocycles. The summed E-state index contributed by atoms with van der Waals surface area (Å²) < 4.78 is 5.31. The molecular formula is C21H43NO2. The molecule has 0 aromatic rings. The summed E-state index contributed by atoms with van der Waals surface area (Å²) in [7, 11) is 0. The molecule has 3 heteroatoms. The molecule has 0 bridgehead atoms. The maximum atomic E-state index is 11.7. The van der Waals surface area contributed by atoms with Crippen LogP contribution in [-0.2, 0) is 9.53 Å². The van der Waals surface area contributed by atoms with Gasteiger partial charge >= 0.3 is 5.97 Å². The van der Waals surface area contributed by atoms with Crippen molar-refractivity contribution in [3.8, 4) is 0 Å². The van der Waals surface area contributed by atoms with Crippen LogP contribution >= 0.6 is 0 Å². The van der Waals surface area contributed by atoms with E-state index in [9.17, 15) is 4.79 Å². The van der Waals surface area contributed by atoms with Crippen LogP contribution in [0.15, 0.2) is 0 Å². The predicted molar refractivity (Wildman–Crippen MR) is 104 cm³/mol. The van der Waals surface area contributed by atoms with Crippen LogP contribution in [0.1, 0.15) is 104 Å². The Morgan fingerprint density at radius 3 is 1.71 bits per heavy atom. The number of ether oxygens (including phenoxy) is 1. The molecule has 0 saturated heterocycles. The Bertz CT molecular complexity index is 265. The number of rotatable bonds is 18. The first-order valence-electron chi connectivity index (χ1n) is 10.6. The topological polar surface area (TPSA) is 29.5 Å². The van der Waals surface area contributed by atoms with Gasteiger partial charge in [0.15, 0.2) is 0 Å². The maximum absolute atomic E-state index is 11.7. The third kappa shape index (κ3) is 16.3. The molecule has 144 valence electrons. The van der Waals surface area contributed by atoms with Gasteiger partial charge in [-0.2, -0.15) is 0 Å². The zero-order valence-electron chi connectivity index (χ0n) is 16.8. The summed E-state index contributed by atoms with van der Waals surface area (Å²) in [6.07, 6.45) is 16.0. The number of hydrogen-bond acceptors (Lipinski definition) is 3.